The van der Waals surface area contributed by atoms with Gasteiger partial charge >= 0.3 is 6.09 Å². The van der Waals surface area contributed by atoms with Gasteiger partial charge in [-0.15, -0.1) is 0 Å². The van der Waals surface area contributed by atoms with Crippen LogP contribution in [0, 0.1) is 0 Å². The summed E-state index contributed by atoms with van der Waals surface area (Å²) in [6.07, 6.45) is 3.53. The SMILES string of the molecule is C[C@@H]1COC[C@H](c2ccc3nc(CNC(=O)OC(C)(C)C)cn3c2)N1. The highest BCUT2D eigenvalue weighted by molar-refractivity contribution is 5.67. The maximum absolute atomic E-state index is 11.7. The van der Waals surface area contributed by atoms with Gasteiger partial charge in [0.05, 0.1) is 31.5 Å². The quantitative estimate of drug-likeness (QED) is 0.892. The number of aromatic nitrogens is 2. The highest BCUT2D eigenvalue weighted by Gasteiger charge is 2.20. The number of amides is 1. The average Bonchev–Trinajstić information content (AvgIpc) is 2.93. The maximum Gasteiger partial charge on any atom is 0.407 e. The van der Waals surface area contributed by atoms with Crippen LogP contribution in [-0.2, 0) is 16.0 Å². The molecular weight excluding hydrogens is 320 g/mol. The van der Waals surface area contributed by atoms with Crippen molar-refractivity contribution in [1.29, 1.82) is 0 Å². The lowest BCUT2D eigenvalue weighted by atomic mass is 10.1. The molecule has 0 unspecified atom stereocenters. The highest BCUT2D eigenvalue weighted by Crippen LogP contribution is 2.19. The van der Waals surface area contributed by atoms with Crippen LogP contribution in [0.15, 0.2) is 24.5 Å². The number of hydrogen-bond donors (Lipinski definition) is 2. The highest BCUT2D eigenvalue weighted by atomic mass is 16.6. The number of fused-ring (bicyclic) bond motifs is 1. The summed E-state index contributed by atoms with van der Waals surface area (Å²) in [5, 5.41) is 6.26. The summed E-state index contributed by atoms with van der Waals surface area (Å²) in [7, 11) is 0. The molecule has 0 spiro atoms. The fourth-order valence-corrected chi connectivity index (χ4v) is 2.82. The molecule has 1 amide bonds. The molecule has 1 saturated heterocycles. The Bertz CT molecular complexity index is 750. The Morgan fingerprint density at radius 3 is 2.92 bits per heavy atom. The number of rotatable bonds is 3. The van der Waals surface area contributed by atoms with Crippen molar-refractivity contribution >= 4 is 11.7 Å². The number of nitrogens with zero attached hydrogens (tertiary/aromatic N) is 2. The first kappa shape index (κ1) is 17.7. The minimum absolute atomic E-state index is 0.180. The van der Waals surface area contributed by atoms with Crippen molar-refractivity contribution < 1.29 is 14.3 Å². The number of nitrogens with one attached hydrogen (secondary N) is 2. The molecule has 0 radical (unpaired) electrons. The third-order valence-corrected chi connectivity index (χ3v) is 3.88. The van der Waals surface area contributed by atoms with E-state index in [1.54, 1.807) is 0 Å². The van der Waals surface area contributed by atoms with Crippen LogP contribution >= 0.6 is 0 Å². The van der Waals surface area contributed by atoms with Crippen molar-refractivity contribution in [2.45, 2.75) is 51.9 Å². The summed E-state index contributed by atoms with van der Waals surface area (Å²) in [5.41, 5.74) is 2.27. The number of ether oxygens (including phenoxy) is 2. The van der Waals surface area contributed by atoms with Crippen molar-refractivity contribution in [3.05, 3.63) is 35.8 Å². The Balaban J connectivity index is 1.67. The summed E-state index contributed by atoms with van der Waals surface area (Å²) in [5.74, 6) is 0. The Morgan fingerprint density at radius 2 is 2.20 bits per heavy atom. The summed E-state index contributed by atoms with van der Waals surface area (Å²) in [4.78, 5) is 16.3. The van der Waals surface area contributed by atoms with E-state index < -0.39 is 11.7 Å². The molecule has 0 aliphatic carbocycles. The molecule has 2 N–H and O–H groups in total. The summed E-state index contributed by atoms with van der Waals surface area (Å²) in [6.45, 7) is 9.35. The van der Waals surface area contributed by atoms with Crippen LogP contribution in [0.5, 0.6) is 0 Å². The van der Waals surface area contributed by atoms with Gasteiger partial charge in [0.25, 0.3) is 0 Å². The molecule has 1 aliphatic rings. The van der Waals surface area contributed by atoms with Gasteiger partial charge in [-0.25, -0.2) is 9.78 Å². The number of hydrogen-bond acceptors (Lipinski definition) is 5. The van der Waals surface area contributed by atoms with Crippen LogP contribution in [0.2, 0.25) is 0 Å². The normalized spacial score (nSPS) is 21.3. The van der Waals surface area contributed by atoms with Gasteiger partial charge in [-0.3, -0.25) is 0 Å². The molecule has 2 atom stereocenters. The van der Waals surface area contributed by atoms with Crippen LogP contribution in [0.3, 0.4) is 0 Å². The first-order chi connectivity index (χ1) is 11.8. The van der Waals surface area contributed by atoms with Crippen LogP contribution in [0.25, 0.3) is 5.65 Å². The molecule has 7 heteroatoms. The van der Waals surface area contributed by atoms with Crippen LogP contribution in [0.4, 0.5) is 4.79 Å². The Kier molecular flexibility index (Phi) is 4.96. The van der Waals surface area contributed by atoms with Gasteiger partial charge in [-0.2, -0.15) is 0 Å². The van der Waals surface area contributed by atoms with E-state index in [2.05, 4.69) is 34.8 Å². The number of morpholine rings is 1. The number of alkyl carbamates (subject to hydrolysis) is 1. The fourth-order valence-electron chi connectivity index (χ4n) is 2.82. The van der Waals surface area contributed by atoms with E-state index in [0.29, 0.717) is 19.2 Å². The van der Waals surface area contributed by atoms with E-state index in [-0.39, 0.29) is 6.04 Å². The third-order valence-electron chi connectivity index (χ3n) is 3.88. The van der Waals surface area contributed by atoms with Gasteiger partial charge in [0.2, 0.25) is 0 Å². The minimum Gasteiger partial charge on any atom is -0.444 e. The number of imidazole rings is 1. The lowest BCUT2D eigenvalue weighted by Gasteiger charge is -2.29. The monoisotopic (exact) mass is 346 g/mol. The zero-order chi connectivity index (χ0) is 18.0. The van der Waals surface area contributed by atoms with E-state index in [1.807, 2.05) is 37.4 Å². The molecule has 2 aromatic heterocycles. The molecule has 1 aliphatic heterocycles. The maximum atomic E-state index is 11.7. The van der Waals surface area contributed by atoms with E-state index >= 15 is 0 Å². The Labute approximate surface area is 147 Å². The first-order valence-corrected chi connectivity index (χ1v) is 8.58. The van der Waals surface area contributed by atoms with Crippen molar-refractivity contribution in [2.75, 3.05) is 13.2 Å². The van der Waals surface area contributed by atoms with Crippen LogP contribution < -0.4 is 10.6 Å². The topological polar surface area (TPSA) is 76.9 Å². The molecule has 0 aromatic carbocycles. The second-order valence-electron chi connectivity index (χ2n) is 7.47. The van der Waals surface area contributed by atoms with Crippen molar-refractivity contribution in [2.24, 2.45) is 0 Å². The minimum atomic E-state index is -0.510. The molecule has 25 heavy (non-hydrogen) atoms. The molecule has 2 aromatic rings. The standard InChI is InChI=1S/C18H26N4O3/c1-12-10-24-11-15(20-12)13-5-6-16-21-14(9-22(16)8-13)7-19-17(23)25-18(2,3)4/h5-6,8-9,12,15,20H,7,10-11H2,1-4H3,(H,19,23)/t12-,15-/m1/s1. The molecule has 3 heterocycles. The second-order valence-corrected chi connectivity index (χ2v) is 7.47. The van der Waals surface area contributed by atoms with Crippen LogP contribution in [0.1, 0.15) is 45.0 Å². The van der Waals surface area contributed by atoms with Crippen molar-refractivity contribution in [1.82, 2.24) is 20.0 Å². The second kappa shape index (κ2) is 7.01. The van der Waals surface area contributed by atoms with E-state index in [0.717, 1.165) is 23.5 Å². The van der Waals surface area contributed by atoms with Gasteiger partial charge in [-0.1, -0.05) is 6.07 Å². The molecule has 136 valence electrons. The zero-order valence-electron chi connectivity index (χ0n) is 15.2. The van der Waals surface area contributed by atoms with Gasteiger partial charge in [0.15, 0.2) is 0 Å². The summed E-state index contributed by atoms with van der Waals surface area (Å²) >= 11 is 0. The largest absolute Gasteiger partial charge is 0.444 e. The van der Waals surface area contributed by atoms with Gasteiger partial charge < -0.3 is 24.5 Å². The molecule has 7 nitrogen and oxygen atoms in total. The number of pyridine rings is 1. The number of carbonyl (C=O) groups is 1. The van der Waals surface area contributed by atoms with Crippen molar-refractivity contribution in [3.63, 3.8) is 0 Å². The molecule has 3 rings (SSSR count). The Morgan fingerprint density at radius 1 is 1.40 bits per heavy atom. The zero-order valence-corrected chi connectivity index (χ0v) is 15.2. The average molecular weight is 346 g/mol. The summed E-state index contributed by atoms with van der Waals surface area (Å²) in [6, 6.07) is 4.56. The van der Waals surface area contributed by atoms with Gasteiger partial charge in [-0.05, 0) is 39.3 Å². The molecule has 0 saturated carbocycles. The predicted molar refractivity (Wildman–Crippen MR) is 94.4 cm³/mol. The summed E-state index contributed by atoms with van der Waals surface area (Å²) < 4.78 is 12.8. The smallest absolute Gasteiger partial charge is 0.407 e. The molecule has 1 fully saturated rings. The third kappa shape index (κ3) is 4.70. The molecular formula is C18H26N4O3. The van der Waals surface area contributed by atoms with Gasteiger partial charge in [0.1, 0.15) is 11.2 Å². The molecule has 0 bridgehead atoms. The lowest BCUT2D eigenvalue weighted by molar-refractivity contribution is 0.0503. The Hall–Kier alpha value is -2.12. The predicted octanol–water partition coefficient (Wildman–Crippen LogP) is 2.41. The van der Waals surface area contributed by atoms with E-state index in [1.165, 1.54) is 0 Å². The van der Waals surface area contributed by atoms with E-state index in [4.69, 9.17) is 9.47 Å². The van der Waals surface area contributed by atoms with Gasteiger partial charge in [0, 0.05) is 18.4 Å². The van der Waals surface area contributed by atoms with Crippen LogP contribution in [-0.4, -0.2) is 40.3 Å². The first-order valence-electron chi connectivity index (χ1n) is 8.58. The fraction of sp³-hybridized carbons (Fsp3) is 0.556. The lowest BCUT2D eigenvalue weighted by Crippen LogP contribution is -2.41. The number of carbonyl (C=O) groups excluding carboxylic acids is 1. The van der Waals surface area contributed by atoms with Crippen molar-refractivity contribution in [3.8, 4) is 0 Å². The van der Waals surface area contributed by atoms with E-state index in [9.17, 15) is 4.79 Å².